The lowest BCUT2D eigenvalue weighted by atomic mass is 9.91. The number of nitrogens with one attached hydrogen (secondary N) is 2. The minimum absolute atomic E-state index is 0.0581. The number of urea groups is 1. The predicted octanol–water partition coefficient (Wildman–Crippen LogP) is 4.36. The van der Waals surface area contributed by atoms with E-state index < -0.39 is 12.0 Å². The monoisotopic (exact) mass is 414 g/mol. The zero-order valence-electron chi connectivity index (χ0n) is 16.5. The van der Waals surface area contributed by atoms with Gasteiger partial charge in [0.1, 0.15) is 12.4 Å². The van der Waals surface area contributed by atoms with Crippen molar-refractivity contribution < 1.29 is 19.1 Å². The van der Waals surface area contributed by atoms with Gasteiger partial charge >= 0.3 is 12.0 Å². The molecule has 3 rings (SSSR count). The van der Waals surface area contributed by atoms with E-state index in [0.29, 0.717) is 28.6 Å². The summed E-state index contributed by atoms with van der Waals surface area (Å²) < 4.78 is 10.9. The van der Waals surface area contributed by atoms with Crippen molar-refractivity contribution in [2.45, 2.75) is 26.5 Å². The molecule has 2 N–H and O–H groups in total. The largest absolute Gasteiger partial charge is 0.489 e. The van der Waals surface area contributed by atoms with Crippen LogP contribution < -0.4 is 15.4 Å². The molecule has 6 nitrogen and oxygen atoms in total. The number of halogens is 1. The van der Waals surface area contributed by atoms with Crippen molar-refractivity contribution in [2.24, 2.45) is 5.92 Å². The molecule has 0 fully saturated rings. The molecule has 1 aliphatic heterocycles. The lowest BCUT2D eigenvalue weighted by Gasteiger charge is -2.30. The van der Waals surface area contributed by atoms with Crippen molar-refractivity contribution in [1.82, 2.24) is 10.6 Å². The van der Waals surface area contributed by atoms with Gasteiger partial charge in [0.15, 0.2) is 0 Å². The Morgan fingerprint density at radius 1 is 1.17 bits per heavy atom. The molecule has 1 atom stereocenters. The van der Waals surface area contributed by atoms with Crippen LogP contribution in [-0.2, 0) is 16.1 Å². The SMILES string of the molecule is COC(=O)C1=C(C(C)C)NC(=O)NC1c1cccc(OCc2ccccc2Cl)c1. The Morgan fingerprint density at radius 3 is 2.62 bits per heavy atom. The van der Waals surface area contributed by atoms with Gasteiger partial charge in [-0.1, -0.05) is 55.8 Å². The van der Waals surface area contributed by atoms with Crippen molar-refractivity contribution in [3.05, 3.63) is 76.0 Å². The number of benzene rings is 2. The second-order valence-electron chi connectivity index (χ2n) is 6.96. The fraction of sp³-hybridized carbons (Fsp3) is 0.273. The average Bonchev–Trinajstić information content (AvgIpc) is 2.72. The van der Waals surface area contributed by atoms with Crippen molar-refractivity contribution >= 4 is 23.6 Å². The summed E-state index contributed by atoms with van der Waals surface area (Å²) >= 11 is 6.18. The Hall–Kier alpha value is -2.99. The first-order valence-electron chi connectivity index (χ1n) is 9.26. The standard InChI is InChI=1S/C22H23ClN2O4/c1-13(2)19-18(21(26)28-3)20(25-22(27)24-19)14-8-6-9-16(11-14)29-12-15-7-4-5-10-17(15)23/h4-11,13,20H,12H2,1-3H3,(H2,24,25,27). The van der Waals surface area contributed by atoms with E-state index in [-0.39, 0.29) is 11.9 Å². The van der Waals surface area contributed by atoms with Crippen LogP contribution in [0.15, 0.2) is 59.8 Å². The first kappa shape index (κ1) is 20.7. The molecule has 1 aliphatic rings. The zero-order chi connectivity index (χ0) is 21.0. The maximum Gasteiger partial charge on any atom is 0.337 e. The summed E-state index contributed by atoms with van der Waals surface area (Å²) in [4.78, 5) is 24.7. The highest BCUT2D eigenvalue weighted by Gasteiger charge is 2.34. The van der Waals surface area contributed by atoms with E-state index in [1.54, 1.807) is 6.07 Å². The van der Waals surface area contributed by atoms with Crippen LogP contribution in [0.2, 0.25) is 5.02 Å². The van der Waals surface area contributed by atoms with E-state index in [1.165, 1.54) is 7.11 Å². The van der Waals surface area contributed by atoms with Crippen LogP contribution in [0.1, 0.15) is 31.0 Å². The molecule has 0 radical (unpaired) electrons. The Bertz CT molecular complexity index is 955. The molecule has 29 heavy (non-hydrogen) atoms. The molecule has 0 bridgehead atoms. The van der Waals surface area contributed by atoms with Crippen molar-refractivity contribution in [3.8, 4) is 5.75 Å². The summed E-state index contributed by atoms with van der Waals surface area (Å²) in [6.07, 6.45) is 0. The van der Waals surface area contributed by atoms with Crippen LogP contribution in [0.4, 0.5) is 4.79 Å². The van der Waals surface area contributed by atoms with Crippen LogP contribution in [0, 0.1) is 5.92 Å². The van der Waals surface area contributed by atoms with E-state index in [0.717, 1.165) is 11.1 Å². The summed E-state index contributed by atoms with van der Waals surface area (Å²) in [6, 6.07) is 13.7. The summed E-state index contributed by atoms with van der Waals surface area (Å²) in [7, 11) is 1.32. The third-order valence-electron chi connectivity index (χ3n) is 4.63. The molecular weight excluding hydrogens is 392 g/mol. The number of rotatable bonds is 6. The number of amides is 2. The molecule has 7 heteroatoms. The smallest absolute Gasteiger partial charge is 0.337 e. The summed E-state index contributed by atoms with van der Waals surface area (Å²) in [5.41, 5.74) is 2.51. The molecule has 0 aliphatic carbocycles. The molecule has 1 heterocycles. The minimum atomic E-state index is -0.641. The number of carbonyl (C=O) groups is 2. The first-order valence-corrected chi connectivity index (χ1v) is 9.64. The Kier molecular flexibility index (Phi) is 6.44. The molecule has 2 aromatic carbocycles. The second kappa shape index (κ2) is 9.01. The normalized spacial score (nSPS) is 16.3. The highest BCUT2D eigenvalue weighted by Crippen LogP contribution is 2.32. The molecule has 0 saturated heterocycles. The fourth-order valence-electron chi connectivity index (χ4n) is 3.19. The van der Waals surface area contributed by atoms with Crippen molar-refractivity contribution in [2.75, 3.05) is 7.11 Å². The van der Waals surface area contributed by atoms with Crippen LogP contribution >= 0.6 is 11.6 Å². The average molecular weight is 415 g/mol. The van der Waals surface area contributed by atoms with Gasteiger partial charge < -0.3 is 20.1 Å². The number of allylic oxidation sites excluding steroid dienone is 1. The van der Waals surface area contributed by atoms with Gasteiger partial charge in [0.2, 0.25) is 0 Å². The number of ether oxygens (including phenoxy) is 2. The van der Waals surface area contributed by atoms with Gasteiger partial charge in [0, 0.05) is 16.3 Å². The lowest BCUT2D eigenvalue weighted by Crippen LogP contribution is -2.47. The maximum atomic E-state index is 12.5. The number of hydrogen-bond donors (Lipinski definition) is 2. The number of methoxy groups -OCH3 is 1. The van der Waals surface area contributed by atoms with Crippen LogP contribution in [0.25, 0.3) is 0 Å². The fourth-order valence-corrected chi connectivity index (χ4v) is 3.38. The zero-order valence-corrected chi connectivity index (χ0v) is 17.2. The van der Waals surface area contributed by atoms with Crippen LogP contribution in [-0.4, -0.2) is 19.1 Å². The topological polar surface area (TPSA) is 76.7 Å². The third-order valence-corrected chi connectivity index (χ3v) is 5.00. The minimum Gasteiger partial charge on any atom is -0.489 e. The van der Waals surface area contributed by atoms with E-state index in [2.05, 4.69) is 10.6 Å². The van der Waals surface area contributed by atoms with Gasteiger partial charge in [-0.25, -0.2) is 9.59 Å². The van der Waals surface area contributed by atoms with Gasteiger partial charge in [-0.05, 0) is 29.7 Å². The van der Waals surface area contributed by atoms with Crippen LogP contribution in [0.5, 0.6) is 5.75 Å². The molecule has 152 valence electrons. The Morgan fingerprint density at radius 2 is 1.93 bits per heavy atom. The van der Waals surface area contributed by atoms with E-state index in [1.807, 2.05) is 56.3 Å². The maximum absolute atomic E-state index is 12.5. The third kappa shape index (κ3) is 4.71. The highest BCUT2D eigenvalue weighted by molar-refractivity contribution is 6.31. The lowest BCUT2D eigenvalue weighted by molar-refractivity contribution is -0.136. The van der Waals surface area contributed by atoms with Gasteiger partial charge in [-0.15, -0.1) is 0 Å². The molecule has 2 amide bonds. The summed E-state index contributed by atoms with van der Waals surface area (Å²) in [5.74, 6) is 0.0522. The number of hydrogen-bond acceptors (Lipinski definition) is 4. The molecular formula is C22H23ClN2O4. The van der Waals surface area contributed by atoms with Gasteiger partial charge in [0.05, 0.1) is 18.7 Å². The first-order chi connectivity index (χ1) is 13.9. The van der Waals surface area contributed by atoms with Gasteiger partial charge in [-0.2, -0.15) is 0 Å². The quantitative estimate of drug-likeness (QED) is 0.689. The molecule has 0 saturated carbocycles. The van der Waals surface area contributed by atoms with E-state index >= 15 is 0 Å². The van der Waals surface area contributed by atoms with Crippen molar-refractivity contribution in [1.29, 1.82) is 0 Å². The highest BCUT2D eigenvalue weighted by atomic mass is 35.5. The van der Waals surface area contributed by atoms with E-state index in [9.17, 15) is 9.59 Å². The molecule has 0 aromatic heterocycles. The molecule has 1 unspecified atom stereocenters. The number of carbonyl (C=O) groups excluding carboxylic acids is 2. The second-order valence-corrected chi connectivity index (χ2v) is 7.36. The summed E-state index contributed by atoms with van der Waals surface area (Å²) in [5, 5.41) is 6.17. The van der Waals surface area contributed by atoms with Gasteiger partial charge in [-0.3, -0.25) is 0 Å². The van der Waals surface area contributed by atoms with Gasteiger partial charge in [0.25, 0.3) is 0 Å². The Balaban J connectivity index is 1.91. The summed E-state index contributed by atoms with van der Waals surface area (Å²) in [6.45, 7) is 4.12. The molecule has 2 aromatic rings. The predicted molar refractivity (Wildman–Crippen MR) is 111 cm³/mol. The van der Waals surface area contributed by atoms with Crippen LogP contribution in [0.3, 0.4) is 0 Å². The number of esters is 1. The Labute approximate surface area is 174 Å². The van der Waals surface area contributed by atoms with Crippen molar-refractivity contribution in [3.63, 3.8) is 0 Å². The molecule has 0 spiro atoms. The van der Waals surface area contributed by atoms with E-state index in [4.69, 9.17) is 21.1 Å².